The minimum Gasteiger partial charge on any atom is -0.496 e. The molecule has 1 N–H and O–H groups in total. The highest BCUT2D eigenvalue weighted by Gasteiger charge is 2.10. The maximum Gasteiger partial charge on any atom is 0.274 e. The van der Waals surface area contributed by atoms with Crippen LogP contribution in [-0.4, -0.2) is 17.6 Å². The number of rotatable bonds is 5. The van der Waals surface area contributed by atoms with Gasteiger partial charge in [0.2, 0.25) is 5.91 Å². The van der Waals surface area contributed by atoms with E-state index in [2.05, 4.69) is 5.32 Å². The average Bonchev–Trinajstić information content (AvgIpc) is 2.54. The first-order valence-corrected chi connectivity index (χ1v) is 7.59. The van der Waals surface area contributed by atoms with Crippen molar-refractivity contribution in [3.63, 3.8) is 0 Å². The molecule has 2 rings (SSSR count). The second-order valence-electron chi connectivity index (χ2n) is 5.51. The maximum absolute atomic E-state index is 12.6. The highest BCUT2D eigenvalue weighted by atomic mass is 16.5. The largest absolute Gasteiger partial charge is 0.496 e. The number of nitrogens with zero attached hydrogens (tertiary/aromatic N) is 1. The van der Waals surface area contributed by atoms with Crippen LogP contribution in [0.4, 0.5) is 5.69 Å². The van der Waals surface area contributed by atoms with Gasteiger partial charge in [0.25, 0.3) is 5.56 Å². The fourth-order valence-corrected chi connectivity index (χ4v) is 2.41. The first kappa shape index (κ1) is 16.8. The van der Waals surface area contributed by atoms with Crippen LogP contribution >= 0.6 is 0 Å². The number of methoxy groups -OCH3 is 1. The minimum atomic E-state index is -0.194. The van der Waals surface area contributed by atoms with Crippen molar-refractivity contribution >= 4 is 11.6 Å². The number of amides is 1. The van der Waals surface area contributed by atoms with Crippen molar-refractivity contribution in [2.45, 2.75) is 33.7 Å². The van der Waals surface area contributed by atoms with Gasteiger partial charge in [0.15, 0.2) is 0 Å². The SMILES string of the molecule is CCC(=O)Nc1c(C)ccn(Cc2ccc(OC)c(C)c2)c1=O. The van der Waals surface area contributed by atoms with E-state index >= 15 is 0 Å². The highest BCUT2D eigenvalue weighted by Crippen LogP contribution is 2.19. The van der Waals surface area contributed by atoms with Gasteiger partial charge in [-0.25, -0.2) is 0 Å². The second kappa shape index (κ2) is 7.13. The summed E-state index contributed by atoms with van der Waals surface area (Å²) >= 11 is 0. The van der Waals surface area contributed by atoms with Crippen LogP contribution in [0.2, 0.25) is 0 Å². The number of hydrogen-bond donors (Lipinski definition) is 1. The summed E-state index contributed by atoms with van der Waals surface area (Å²) in [5.74, 6) is 0.657. The van der Waals surface area contributed by atoms with Crippen LogP contribution in [-0.2, 0) is 11.3 Å². The van der Waals surface area contributed by atoms with Gasteiger partial charge in [-0.3, -0.25) is 9.59 Å². The monoisotopic (exact) mass is 314 g/mol. The zero-order chi connectivity index (χ0) is 17.0. The number of anilines is 1. The Kier molecular flexibility index (Phi) is 5.21. The molecule has 1 amide bonds. The molecule has 0 bridgehead atoms. The lowest BCUT2D eigenvalue weighted by Crippen LogP contribution is -2.26. The molecule has 1 aromatic heterocycles. The molecule has 0 saturated heterocycles. The summed E-state index contributed by atoms with van der Waals surface area (Å²) in [7, 11) is 1.63. The molecule has 0 aliphatic heterocycles. The Hall–Kier alpha value is -2.56. The van der Waals surface area contributed by atoms with E-state index in [1.165, 1.54) is 0 Å². The number of aryl methyl sites for hydroxylation is 2. The summed E-state index contributed by atoms with van der Waals surface area (Å²) in [5.41, 5.74) is 2.94. The van der Waals surface area contributed by atoms with Crippen LogP contribution in [0.1, 0.15) is 30.0 Å². The molecule has 1 aromatic carbocycles. The number of hydrogen-bond acceptors (Lipinski definition) is 3. The topological polar surface area (TPSA) is 60.3 Å². The van der Waals surface area contributed by atoms with Crippen molar-refractivity contribution < 1.29 is 9.53 Å². The van der Waals surface area contributed by atoms with Crippen LogP contribution in [0, 0.1) is 13.8 Å². The fourth-order valence-electron chi connectivity index (χ4n) is 2.41. The van der Waals surface area contributed by atoms with Gasteiger partial charge >= 0.3 is 0 Å². The zero-order valence-corrected chi connectivity index (χ0v) is 14.0. The average molecular weight is 314 g/mol. The van der Waals surface area contributed by atoms with Crippen LogP contribution in [0.15, 0.2) is 35.3 Å². The zero-order valence-electron chi connectivity index (χ0n) is 14.0. The van der Waals surface area contributed by atoms with Crippen molar-refractivity contribution in [3.8, 4) is 5.75 Å². The molecule has 5 heteroatoms. The Morgan fingerprint density at radius 1 is 1.22 bits per heavy atom. The van der Waals surface area contributed by atoms with Crippen molar-refractivity contribution in [2.24, 2.45) is 0 Å². The Labute approximate surface area is 135 Å². The van der Waals surface area contributed by atoms with E-state index in [0.29, 0.717) is 18.7 Å². The number of nitrogens with one attached hydrogen (secondary N) is 1. The minimum absolute atomic E-state index is 0.164. The van der Waals surface area contributed by atoms with E-state index in [1.807, 2.05) is 38.1 Å². The molecule has 0 spiro atoms. The van der Waals surface area contributed by atoms with Crippen LogP contribution < -0.4 is 15.6 Å². The lowest BCUT2D eigenvalue weighted by Gasteiger charge is -2.13. The van der Waals surface area contributed by atoms with Crippen molar-refractivity contribution in [1.29, 1.82) is 0 Å². The number of ether oxygens (including phenoxy) is 1. The highest BCUT2D eigenvalue weighted by molar-refractivity contribution is 5.90. The summed E-state index contributed by atoms with van der Waals surface area (Å²) in [5, 5.41) is 2.69. The predicted octanol–water partition coefficient (Wildman–Crippen LogP) is 2.87. The van der Waals surface area contributed by atoms with Crippen LogP contribution in [0.25, 0.3) is 0 Å². The van der Waals surface area contributed by atoms with Crippen molar-refractivity contribution in [2.75, 3.05) is 12.4 Å². The summed E-state index contributed by atoms with van der Waals surface area (Å²) < 4.78 is 6.85. The number of carbonyl (C=O) groups is 1. The molecule has 0 aliphatic carbocycles. The van der Waals surface area contributed by atoms with E-state index in [4.69, 9.17) is 4.74 Å². The number of pyridine rings is 1. The molecule has 1 heterocycles. The fraction of sp³-hybridized carbons (Fsp3) is 0.333. The van der Waals surface area contributed by atoms with Gasteiger partial charge in [0.1, 0.15) is 11.4 Å². The van der Waals surface area contributed by atoms with E-state index < -0.39 is 0 Å². The molecule has 23 heavy (non-hydrogen) atoms. The Balaban J connectivity index is 2.34. The Morgan fingerprint density at radius 2 is 1.96 bits per heavy atom. The van der Waals surface area contributed by atoms with E-state index in [9.17, 15) is 9.59 Å². The van der Waals surface area contributed by atoms with Gasteiger partial charge in [-0.2, -0.15) is 0 Å². The quantitative estimate of drug-likeness (QED) is 0.923. The molecule has 5 nitrogen and oxygen atoms in total. The third kappa shape index (κ3) is 3.80. The first-order valence-electron chi connectivity index (χ1n) is 7.59. The molecule has 0 atom stereocenters. The summed E-state index contributed by atoms with van der Waals surface area (Å²) in [6.07, 6.45) is 2.09. The summed E-state index contributed by atoms with van der Waals surface area (Å²) in [6.45, 7) is 5.98. The molecule has 0 unspecified atom stereocenters. The van der Waals surface area contributed by atoms with Gasteiger partial charge in [-0.1, -0.05) is 19.1 Å². The molecule has 0 radical (unpaired) electrons. The van der Waals surface area contributed by atoms with Gasteiger partial charge in [0.05, 0.1) is 13.7 Å². The van der Waals surface area contributed by atoms with Gasteiger partial charge in [0, 0.05) is 12.6 Å². The van der Waals surface area contributed by atoms with Gasteiger partial charge in [-0.05, 0) is 42.7 Å². The molecule has 0 aliphatic rings. The third-order valence-corrected chi connectivity index (χ3v) is 3.77. The van der Waals surface area contributed by atoms with Crippen molar-refractivity contribution in [1.82, 2.24) is 4.57 Å². The molecule has 2 aromatic rings. The van der Waals surface area contributed by atoms with Crippen molar-refractivity contribution in [3.05, 3.63) is 57.5 Å². The standard InChI is InChI=1S/C18H22N2O3/c1-5-16(21)19-17-12(2)8-9-20(18(17)22)11-14-6-7-15(23-4)13(3)10-14/h6-10H,5,11H2,1-4H3,(H,19,21). The van der Waals surface area contributed by atoms with E-state index in [0.717, 1.165) is 22.4 Å². The number of benzene rings is 1. The van der Waals surface area contributed by atoms with Gasteiger partial charge < -0.3 is 14.6 Å². The molecule has 0 fully saturated rings. The lowest BCUT2D eigenvalue weighted by atomic mass is 10.1. The summed E-state index contributed by atoms with van der Waals surface area (Å²) in [6, 6.07) is 7.66. The molecule has 122 valence electrons. The van der Waals surface area contributed by atoms with Gasteiger partial charge in [-0.15, -0.1) is 0 Å². The Morgan fingerprint density at radius 3 is 2.57 bits per heavy atom. The molecule has 0 saturated carbocycles. The molecular formula is C18H22N2O3. The molecular weight excluding hydrogens is 292 g/mol. The van der Waals surface area contributed by atoms with E-state index in [-0.39, 0.29) is 11.5 Å². The number of aromatic nitrogens is 1. The second-order valence-corrected chi connectivity index (χ2v) is 5.51. The lowest BCUT2D eigenvalue weighted by molar-refractivity contribution is -0.115. The third-order valence-electron chi connectivity index (χ3n) is 3.77. The normalized spacial score (nSPS) is 10.4. The first-order chi connectivity index (χ1) is 11.0. The predicted molar refractivity (Wildman–Crippen MR) is 91.2 cm³/mol. The van der Waals surface area contributed by atoms with Crippen LogP contribution in [0.3, 0.4) is 0 Å². The Bertz CT molecular complexity index is 778. The smallest absolute Gasteiger partial charge is 0.274 e. The summed E-state index contributed by atoms with van der Waals surface area (Å²) in [4.78, 5) is 24.2. The van der Waals surface area contributed by atoms with E-state index in [1.54, 1.807) is 24.8 Å². The maximum atomic E-state index is 12.6. The van der Waals surface area contributed by atoms with Crippen LogP contribution in [0.5, 0.6) is 5.75 Å². The number of carbonyl (C=O) groups excluding carboxylic acids is 1.